The highest BCUT2D eigenvalue weighted by molar-refractivity contribution is 6.07. The van der Waals surface area contributed by atoms with Gasteiger partial charge >= 0.3 is 5.97 Å². The summed E-state index contributed by atoms with van der Waals surface area (Å²) in [5, 5.41) is 0. The van der Waals surface area contributed by atoms with Crippen molar-refractivity contribution in [3.8, 4) is 0 Å². The lowest BCUT2D eigenvalue weighted by Gasteiger charge is -2.23. The Labute approximate surface area is 88.0 Å². The average Bonchev–Trinajstić information content (AvgIpc) is 2.27. The molecule has 4 nitrogen and oxygen atoms in total. The van der Waals surface area contributed by atoms with E-state index in [-0.39, 0.29) is 0 Å². The topological polar surface area (TPSA) is 69.4 Å². The number of primary amides is 1. The van der Waals surface area contributed by atoms with E-state index in [1.165, 1.54) is 14.0 Å². The number of carbonyl (C=O) groups is 2. The lowest BCUT2D eigenvalue weighted by atomic mass is 9.82. The van der Waals surface area contributed by atoms with Gasteiger partial charge in [0.15, 0.2) is 5.41 Å². The number of carbonyl (C=O) groups excluding carboxylic acids is 2. The van der Waals surface area contributed by atoms with Crippen LogP contribution in [0.3, 0.4) is 0 Å². The summed E-state index contributed by atoms with van der Waals surface area (Å²) in [4.78, 5) is 22.9. The first kappa shape index (κ1) is 11.2. The molecule has 1 aromatic carbocycles. The predicted octanol–water partition coefficient (Wildman–Crippen LogP) is 0.603. The summed E-state index contributed by atoms with van der Waals surface area (Å²) in [5.74, 6) is -1.37. The monoisotopic (exact) mass is 207 g/mol. The Morgan fingerprint density at radius 3 is 2.20 bits per heavy atom. The molecule has 0 fully saturated rings. The fraction of sp³-hybridized carbons (Fsp3) is 0.273. The van der Waals surface area contributed by atoms with Gasteiger partial charge in [0.05, 0.1) is 7.11 Å². The average molecular weight is 207 g/mol. The smallest absolute Gasteiger partial charge is 0.325 e. The van der Waals surface area contributed by atoms with Crippen molar-refractivity contribution in [2.24, 2.45) is 5.73 Å². The Morgan fingerprint density at radius 1 is 1.27 bits per heavy atom. The van der Waals surface area contributed by atoms with Crippen LogP contribution in [0.25, 0.3) is 0 Å². The first-order valence-corrected chi connectivity index (χ1v) is 4.47. The van der Waals surface area contributed by atoms with Crippen LogP contribution in [0.1, 0.15) is 12.5 Å². The molecule has 1 amide bonds. The first-order valence-electron chi connectivity index (χ1n) is 4.47. The molecule has 0 saturated carbocycles. The normalized spacial score (nSPS) is 14.0. The number of nitrogens with two attached hydrogens (primary N) is 1. The predicted molar refractivity (Wildman–Crippen MR) is 55.0 cm³/mol. The number of hydrogen-bond acceptors (Lipinski definition) is 3. The number of esters is 1. The van der Waals surface area contributed by atoms with Crippen LogP contribution in [0.4, 0.5) is 0 Å². The Morgan fingerprint density at radius 2 is 1.80 bits per heavy atom. The molecule has 0 bridgehead atoms. The molecule has 1 atom stereocenters. The molecule has 0 aliphatic heterocycles. The molecular weight excluding hydrogens is 194 g/mol. The molecule has 0 heterocycles. The van der Waals surface area contributed by atoms with Crippen LogP contribution >= 0.6 is 0 Å². The fourth-order valence-electron chi connectivity index (χ4n) is 1.34. The maximum atomic E-state index is 11.6. The van der Waals surface area contributed by atoms with Crippen molar-refractivity contribution in [1.82, 2.24) is 0 Å². The molecule has 0 aliphatic rings. The van der Waals surface area contributed by atoms with Gasteiger partial charge in [-0.2, -0.15) is 0 Å². The molecule has 1 rings (SSSR count). The molecular formula is C11H13NO3. The van der Waals surface area contributed by atoms with E-state index in [4.69, 9.17) is 5.73 Å². The Hall–Kier alpha value is -1.84. The van der Waals surface area contributed by atoms with Crippen molar-refractivity contribution >= 4 is 11.9 Å². The summed E-state index contributed by atoms with van der Waals surface area (Å²) < 4.78 is 4.59. The Kier molecular flexibility index (Phi) is 3.09. The van der Waals surface area contributed by atoms with Gasteiger partial charge in [0.1, 0.15) is 0 Å². The van der Waals surface area contributed by atoms with E-state index in [9.17, 15) is 9.59 Å². The lowest BCUT2D eigenvalue weighted by molar-refractivity contribution is -0.151. The van der Waals surface area contributed by atoms with Crippen molar-refractivity contribution in [2.75, 3.05) is 7.11 Å². The van der Waals surface area contributed by atoms with Gasteiger partial charge in [-0.15, -0.1) is 0 Å². The van der Waals surface area contributed by atoms with Crippen LogP contribution in [-0.4, -0.2) is 19.0 Å². The third-order valence-electron chi connectivity index (χ3n) is 2.44. The zero-order valence-corrected chi connectivity index (χ0v) is 8.69. The number of amides is 1. The summed E-state index contributed by atoms with van der Waals surface area (Å²) in [6, 6.07) is 8.60. The molecule has 1 unspecified atom stereocenters. The van der Waals surface area contributed by atoms with E-state index in [0.29, 0.717) is 5.56 Å². The number of methoxy groups -OCH3 is 1. The molecule has 80 valence electrons. The molecule has 0 saturated heterocycles. The second-order valence-electron chi connectivity index (χ2n) is 3.35. The quantitative estimate of drug-likeness (QED) is 0.583. The van der Waals surface area contributed by atoms with Gasteiger partial charge in [-0.3, -0.25) is 9.59 Å². The van der Waals surface area contributed by atoms with Gasteiger partial charge in [-0.05, 0) is 12.5 Å². The fourth-order valence-corrected chi connectivity index (χ4v) is 1.34. The third kappa shape index (κ3) is 1.83. The van der Waals surface area contributed by atoms with E-state index in [2.05, 4.69) is 4.74 Å². The van der Waals surface area contributed by atoms with Crippen molar-refractivity contribution in [3.63, 3.8) is 0 Å². The first-order chi connectivity index (χ1) is 7.03. The highest BCUT2D eigenvalue weighted by atomic mass is 16.5. The minimum Gasteiger partial charge on any atom is -0.468 e. The van der Waals surface area contributed by atoms with Gasteiger partial charge in [0, 0.05) is 0 Å². The Balaban J connectivity index is 3.25. The summed E-state index contributed by atoms with van der Waals surface area (Å²) in [6.45, 7) is 1.45. The largest absolute Gasteiger partial charge is 0.468 e. The molecule has 0 radical (unpaired) electrons. The maximum Gasteiger partial charge on any atom is 0.325 e. The third-order valence-corrected chi connectivity index (χ3v) is 2.44. The molecule has 0 aromatic heterocycles. The second kappa shape index (κ2) is 4.13. The lowest BCUT2D eigenvalue weighted by Crippen LogP contribution is -2.46. The van der Waals surface area contributed by atoms with Crippen LogP contribution in [0, 0.1) is 0 Å². The number of hydrogen-bond donors (Lipinski definition) is 1. The van der Waals surface area contributed by atoms with Crippen molar-refractivity contribution in [1.29, 1.82) is 0 Å². The van der Waals surface area contributed by atoms with Crippen molar-refractivity contribution in [2.45, 2.75) is 12.3 Å². The van der Waals surface area contributed by atoms with Gasteiger partial charge in [0.2, 0.25) is 5.91 Å². The molecule has 2 N–H and O–H groups in total. The summed E-state index contributed by atoms with van der Waals surface area (Å²) in [5.41, 5.74) is 4.35. The minimum absolute atomic E-state index is 0.532. The highest BCUT2D eigenvalue weighted by Crippen LogP contribution is 2.24. The molecule has 4 heteroatoms. The van der Waals surface area contributed by atoms with E-state index in [0.717, 1.165) is 0 Å². The van der Waals surface area contributed by atoms with E-state index in [1.807, 2.05) is 0 Å². The standard InChI is InChI=1S/C11H13NO3/c1-11(9(12)13,10(14)15-2)8-6-4-3-5-7-8/h3-7H,1-2H3,(H2,12,13). The van der Waals surface area contributed by atoms with Crippen LogP contribution in [-0.2, 0) is 19.7 Å². The van der Waals surface area contributed by atoms with Crippen LogP contribution in [0.15, 0.2) is 30.3 Å². The Bertz CT molecular complexity index is 375. The molecule has 0 spiro atoms. The molecule has 0 aliphatic carbocycles. The van der Waals surface area contributed by atoms with Crippen molar-refractivity contribution < 1.29 is 14.3 Å². The number of rotatable bonds is 3. The van der Waals surface area contributed by atoms with E-state index in [1.54, 1.807) is 30.3 Å². The van der Waals surface area contributed by atoms with Crippen molar-refractivity contribution in [3.05, 3.63) is 35.9 Å². The van der Waals surface area contributed by atoms with Gasteiger partial charge in [0.25, 0.3) is 0 Å². The van der Waals surface area contributed by atoms with Gasteiger partial charge in [-0.1, -0.05) is 30.3 Å². The SMILES string of the molecule is COC(=O)C(C)(C(N)=O)c1ccccc1. The van der Waals surface area contributed by atoms with Gasteiger partial charge < -0.3 is 10.5 Å². The zero-order valence-electron chi connectivity index (χ0n) is 8.69. The summed E-state index contributed by atoms with van der Waals surface area (Å²) in [6.07, 6.45) is 0. The van der Waals surface area contributed by atoms with Crippen LogP contribution in [0.2, 0.25) is 0 Å². The molecule has 1 aromatic rings. The number of ether oxygens (including phenoxy) is 1. The highest BCUT2D eigenvalue weighted by Gasteiger charge is 2.42. The summed E-state index contributed by atoms with van der Waals surface area (Å²) in [7, 11) is 1.23. The van der Waals surface area contributed by atoms with Crippen LogP contribution in [0.5, 0.6) is 0 Å². The zero-order chi connectivity index (χ0) is 11.5. The van der Waals surface area contributed by atoms with E-state index < -0.39 is 17.3 Å². The van der Waals surface area contributed by atoms with Crippen LogP contribution < -0.4 is 5.73 Å². The summed E-state index contributed by atoms with van der Waals surface area (Å²) >= 11 is 0. The molecule has 15 heavy (non-hydrogen) atoms. The van der Waals surface area contributed by atoms with E-state index >= 15 is 0 Å². The second-order valence-corrected chi connectivity index (χ2v) is 3.35. The van der Waals surface area contributed by atoms with Gasteiger partial charge in [-0.25, -0.2) is 0 Å². The minimum atomic E-state index is -1.42. The maximum absolute atomic E-state index is 11.6. The number of benzene rings is 1.